The van der Waals surface area contributed by atoms with Crippen molar-refractivity contribution in [2.45, 2.75) is 18.2 Å². The van der Waals surface area contributed by atoms with Gasteiger partial charge in [0.15, 0.2) is 11.5 Å². The Balaban J connectivity index is 1.81. The molecule has 0 amide bonds. The topological polar surface area (TPSA) is 76.4 Å². The van der Waals surface area contributed by atoms with E-state index in [1.54, 1.807) is 30.3 Å². The molecule has 0 saturated heterocycles. The number of allylic oxidation sites excluding steroid dienone is 1. The molecule has 0 atom stereocenters. The monoisotopic (exact) mass is 433 g/mol. The number of rotatable bonds is 8. The van der Waals surface area contributed by atoms with Crippen LogP contribution in [0.15, 0.2) is 82.6 Å². The lowest BCUT2D eigenvalue weighted by molar-refractivity contribution is 0.297. The van der Waals surface area contributed by atoms with Crippen LogP contribution in [0, 0.1) is 18.3 Å². The van der Waals surface area contributed by atoms with Gasteiger partial charge in [-0.1, -0.05) is 54.1 Å². The first kappa shape index (κ1) is 22.1. The van der Waals surface area contributed by atoms with Gasteiger partial charge >= 0.3 is 0 Å². The van der Waals surface area contributed by atoms with Crippen LogP contribution in [0.2, 0.25) is 0 Å². The number of hydrogen-bond acceptors (Lipinski definition) is 5. The van der Waals surface area contributed by atoms with E-state index in [2.05, 4.69) is 0 Å². The minimum absolute atomic E-state index is 0.0822. The van der Waals surface area contributed by atoms with E-state index in [1.807, 2.05) is 43.3 Å². The third kappa shape index (κ3) is 5.53. The molecule has 3 rings (SSSR count). The van der Waals surface area contributed by atoms with Crippen molar-refractivity contribution in [1.29, 1.82) is 5.26 Å². The molecule has 3 aromatic carbocycles. The molecule has 5 nitrogen and oxygen atoms in total. The van der Waals surface area contributed by atoms with Crippen molar-refractivity contribution < 1.29 is 17.9 Å². The van der Waals surface area contributed by atoms with E-state index in [0.717, 1.165) is 12.0 Å². The molecule has 0 radical (unpaired) electrons. The highest BCUT2D eigenvalue weighted by Gasteiger charge is 2.21. The van der Waals surface area contributed by atoms with Crippen LogP contribution in [-0.4, -0.2) is 22.1 Å². The molecule has 3 aromatic rings. The highest BCUT2D eigenvalue weighted by Crippen LogP contribution is 2.30. The fourth-order valence-corrected chi connectivity index (χ4v) is 4.14. The van der Waals surface area contributed by atoms with Crippen LogP contribution in [0.4, 0.5) is 0 Å². The molecule has 0 spiro atoms. The number of ether oxygens (including phenoxy) is 2. The van der Waals surface area contributed by atoms with Crippen molar-refractivity contribution in [1.82, 2.24) is 0 Å². The summed E-state index contributed by atoms with van der Waals surface area (Å²) in [7, 11) is -2.40. The second-order valence-electron chi connectivity index (χ2n) is 6.93. The normalized spacial score (nSPS) is 11.6. The summed E-state index contributed by atoms with van der Waals surface area (Å²) in [6.07, 6.45) is 2.09. The lowest BCUT2D eigenvalue weighted by Crippen LogP contribution is -2.04. The Bertz CT molecular complexity index is 1210. The maximum atomic E-state index is 12.8. The summed E-state index contributed by atoms with van der Waals surface area (Å²) in [4.78, 5) is -0.255. The van der Waals surface area contributed by atoms with Gasteiger partial charge in [-0.3, -0.25) is 0 Å². The molecule has 0 N–H and O–H groups in total. The third-order valence-corrected chi connectivity index (χ3v) is 6.39. The van der Waals surface area contributed by atoms with Gasteiger partial charge in [-0.15, -0.1) is 0 Å². The van der Waals surface area contributed by atoms with Crippen molar-refractivity contribution in [2.24, 2.45) is 0 Å². The number of nitriles is 1. The number of aryl methyl sites for hydroxylation is 1. The van der Waals surface area contributed by atoms with Gasteiger partial charge in [-0.25, -0.2) is 8.42 Å². The Morgan fingerprint density at radius 3 is 2.35 bits per heavy atom. The zero-order chi connectivity index (χ0) is 22.3. The fourth-order valence-electron chi connectivity index (χ4n) is 2.98. The first-order chi connectivity index (χ1) is 14.9. The molecule has 0 heterocycles. The van der Waals surface area contributed by atoms with Crippen molar-refractivity contribution in [3.05, 3.63) is 94.4 Å². The Morgan fingerprint density at radius 2 is 1.71 bits per heavy atom. The summed E-state index contributed by atoms with van der Waals surface area (Å²) in [5, 5.41) is 9.49. The molecule has 0 fully saturated rings. The Morgan fingerprint density at radius 1 is 1.00 bits per heavy atom. The van der Waals surface area contributed by atoms with E-state index in [1.165, 1.54) is 30.9 Å². The quantitative estimate of drug-likeness (QED) is 0.469. The standard InChI is InChI=1S/C25H23NO4S/c1-19-8-11-22(12-9-19)31(27,28)23(18-26)16-21-10-13-24(25(17-21)29-2)30-15-14-20-6-4-3-5-7-20/h3-13,16-17H,14-15H2,1-2H3. The molecule has 0 aliphatic rings. The smallest absolute Gasteiger partial charge is 0.216 e. The lowest BCUT2D eigenvalue weighted by atomic mass is 10.1. The molecular weight excluding hydrogens is 410 g/mol. The van der Waals surface area contributed by atoms with Crippen molar-refractivity contribution in [2.75, 3.05) is 13.7 Å². The third-order valence-electron chi connectivity index (χ3n) is 4.71. The summed E-state index contributed by atoms with van der Waals surface area (Å²) >= 11 is 0. The number of methoxy groups -OCH3 is 1. The lowest BCUT2D eigenvalue weighted by Gasteiger charge is -2.12. The molecule has 0 aliphatic heterocycles. The van der Waals surface area contributed by atoms with Gasteiger partial charge in [-0.2, -0.15) is 5.26 Å². The van der Waals surface area contributed by atoms with E-state index in [-0.39, 0.29) is 9.80 Å². The van der Waals surface area contributed by atoms with Gasteiger partial charge in [0.25, 0.3) is 0 Å². The molecule has 0 bridgehead atoms. The molecule has 0 aliphatic carbocycles. The van der Waals surface area contributed by atoms with Gasteiger partial charge < -0.3 is 9.47 Å². The Kier molecular flexibility index (Phi) is 7.11. The minimum Gasteiger partial charge on any atom is -0.493 e. The van der Waals surface area contributed by atoms with Crippen LogP contribution in [0.1, 0.15) is 16.7 Å². The van der Waals surface area contributed by atoms with Crippen molar-refractivity contribution >= 4 is 15.9 Å². The average molecular weight is 434 g/mol. The first-order valence-corrected chi connectivity index (χ1v) is 11.2. The second kappa shape index (κ2) is 9.96. The zero-order valence-corrected chi connectivity index (χ0v) is 18.2. The molecule has 0 unspecified atom stereocenters. The fraction of sp³-hybridized carbons (Fsp3) is 0.160. The van der Waals surface area contributed by atoms with E-state index < -0.39 is 9.84 Å². The van der Waals surface area contributed by atoms with Crippen molar-refractivity contribution in [3.8, 4) is 17.6 Å². The highest BCUT2D eigenvalue weighted by molar-refractivity contribution is 7.95. The molecule has 0 aromatic heterocycles. The van der Waals surface area contributed by atoms with Crippen LogP contribution < -0.4 is 9.47 Å². The van der Waals surface area contributed by atoms with Crippen LogP contribution in [0.3, 0.4) is 0 Å². The van der Waals surface area contributed by atoms with E-state index >= 15 is 0 Å². The Labute approximate surface area is 183 Å². The van der Waals surface area contributed by atoms with Gasteiger partial charge in [0.05, 0.1) is 18.6 Å². The van der Waals surface area contributed by atoms with Crippen LogP contribution in [-0.2, 0) is 16.3 Å². The Hall–Kier alpha value is -3.56. The predicted octanol–water partition coefficient (Wildman–Crippen LogP) is 4.96. The van der Waals surface area contributed by atoms with Gasteiger partial charge in [0.2, 0.25) is 9.84 Å². The maximum absolute atomic E-state index is 12.8. The van der Waals surface area contributed by atoms with Crippen LogP contribution in [0.25, 0.3) is 6.08 Å². The molecule has 0 saturated carbocycles. The number of sulfone groups is 1. The molecule has 31 heavy (non-hydrogen) atoms. The predicted molar refractivity (Wildman–Crippen MR) is 121 cm³/mol. The van der Waals surface area contributed by atoms with E-state index in [0.29, 0.717) is 23.7 Å². The average Bonchev–Trinajstić information content (AvgIpc) is 2.79. The zero-order valence-electron chi connectivity index (χ0n) is 17.4. The number of nitrogens with zero attached hydrogens (tertiary/aromatic N) is 1. The van der Waals surface area contributed by atoms with Gasteiger partial charge in [0, 0.05) is 6.42 Å². The van der Waals surface area contributed by atoms with Crippen LogP contribution >= 0.6 is 0 Å². The first-order valence-electron chi connectivity index (χ1n) is 9.72. The largest absolute Gasteiger partial charge is 0.493 e. The van der Waals surface area contributed by atoms with E-state index in [9.17, 15) is 13.7 Å². The van der Waals surface area contributed by atoms with Crippen LogP contribution in [0.5, 0.6) is 11.5 Å². The van der Waals surface area contributed by atoms with Gasteiger partial charge in [-0.05, 0) is 48.4 Å². The molecular formula is C25H23NO4S. The molecule has 158 valence electrons. The summed E-state index contributed by atoms with van der Waals surface area (Å²) < 4.78 is 36.9. The summed E-state index contributed by atoms with van der Waals surface area (Å²) in [5.41, 5.74) is 2.63. The summed E-state index contributed by atoms with van der Waals surface area (Å²) in [5.74, 6) is 1.02. The molecule has 6 heteroatoms. The highest BCUT2D eigenvalue weighted by atomic mass is 32.2. The maximum Gasteiger partial charge on any atom is 0.216 e. The number of benzene rings is 3. The second-order valence-corrected chi connectivity index (χ2v) is 8.85. The summed E-state index contributed by atoms with van der Waals surface area (Å²) in [6, 6.07) is 23.3. The van der Waals surface area contributed by atoms with Gasteiger partial charge in [0.1, 0.15) is 11.0 Å². The minimum atomic E-state index is -3.91. The van der Waals surface area contributed by atoms with Crippen molar-refractivity contribution in [3.63, 3.8) is 0 Å². The SMILES string of the molecule is COc1cc(C=C(C#N)S(=O)(=O)c2ccc(C)cc2)ccc1OCCc1ccccc1. The summed E-state index contributed by atoms with van der Waals surface area (Å²) in [6.45, 7) is 2.34. The van der Waals surface area contributed by atoms with E-state index in [4.69, 9.17) is 9.47 Å². The number of hydrogen-bond donors (Lipinski definition) is 0.